The van der Waals surface area contributed by atoms with Gasteiger partial charge in [-0.3, -0.25) is 0 Å². The fraction of sp³-hybridized carbons (Fsp3) is 1.00. The largest absolute Gasteiger partial charge is 0.0776 e. The zero-order valence-corrected chi connectivity index (χ0v) is 14.8. The Morgan fingerprint density at radius 2 is 0.174 bits per heavy atom. The predicted molar refractivity (Wildman–Crippen MR) is 110 cm³/mol. The Kier molecular flexibility index (Phi) is 24.1. The third-order valence-electron chi connectivity index (χ3n) is 5.25. The molecule has 0 unspecified atom stereocenters. The molecular formula is C23H50. The third-order valence-corrected chi connectivity index (χ3v) is 5.25. The fourth-order valence-corrected chi connectivity index (χ4v) is 3.71. The molecule has 0 heteroatoms. The van der Waals surface area contributed by atoms with E-state index >= 15 is 0 Å². The van der Waals surface area contributed by atoms with E-state index in [9.17, 15) is 0 Å². The first kappa shape index (κ1) is 25.2. The van der Waals surface area contributed by atoms with Gasteiger partial charge >= 0.3 is 0 Å². The van der Waals surface area contributed by atoms with Crippen molar-refractivity contribution in [3.63, 3.8) is 0 Å². The molecule has 0 nitrogen and oxygen atoms in total. The molecule has 0 aromatic carbocycles. The second-order valence-corrected chi connectivity index (χ2v) is 7.42. The van der Waals surface area contributed by atoms with Crippen molar-refractivity contribution in [2.24, 2.45) is 0 Å². The first-order chi connectivity index (χ1) is 10.5. The van der Waals surface area contributed by atoms with Crippen LogP contribution in [0.2, 0.25) is 0 Å². The molecule has 3 fully saturated rings. The molecule has 0 radical (unpaired) electrons. The van der Waals surface area contributed by atoms with Crippen LogP contribution in [-0.2, 0) is 0 Å². The van der Waals surface area contributed by atoms with Gasteiger partial charge < -0.3 is 0 Å². The second-order valence-electron chi connectivity index (χ2n) is 7.42. The molecule has 0 aromatic heterocycles. The highest BCUT2D eigenvalue weighted by molar-refractivity contribution is 4.52. The van der Waals surface area contributed by atoms with E-state index in [0.717, 1.165) is 0 Å². The minimum atomic E-state index is 0. The summed E-state index contributed by atoms with van der Waals surface area (Å²) in [6.45, 7) is 0. The SMILES string of the molecule is C.C.C1CCCCC1.C1CCCCCC1.C1CCCCCCC1. The van der Waals surface area contributed by atoms with Gasteiger partial charge in [0.25, 0.3) is 0 Å². The first-order valence-corrected chi connectivity index (χ1v) is 10.5. The van der Waals surface area contributed by atoms with E-state index in [1.165, 1.54) is 135 Å². The summed E-state index contributed by atoms with van der Waals surface area (Å²) in [5.41, 5.74) is 0. The molecule has 3 rings (SSSR count). The topological polar surface area (TPSA) is 0 Å². The highest BCUT2D eigenvalue weighted by Crippen LogP contribution is 2.16. The Balaban J connectivity index is 0. The Labute approximate surface area is 150 Å². The van der Waals surface area contributed by atoms with Crippen LogP contribution in [0.25, 0.3) is 0 Å². The van der Waals surface area contributed by atoms with Crippen molar-refractivity contribution in [1.29, 1.82) is 0 Å². The quantitative estimate of drug-likeness (QED) is 0.389. The van der Waals surface area contributed by atoms with Gasteiger partial charge in [-0.2, -0.15) is 0 Å². The minimum absolute atomic E-state index is 0. The van der Waals surface area contributed by atoms with Gasteiger partial charge in [0.1, 0.15) is 0 Å². The molecule has 0 N–H and O–H groups in total. The van der Waals surface area contributed by atoms with E-state index in [-0.39, 0.29) is 14.9 Å². The lowest BCUT2D eigenvalue weighted by Gasteiger charge is -2.05. The Morgan fingerprint density at radius 1 is 0.130 bits per heavy atom. The van der Waals surface area contributed by atoms with Crippen molar-refractivity contribution in [3.05, 3.63) is 0 Å². The van der Waals surface area contributed by atoms with E-state index in [2.05, 4.69) is 0 Å². The van der Waals surface area contributed by atoms with Crippen molar-refractivity contribution in [2.45, 2.75) is 150 Å². The van der Waals surface area contributed by atoms with E-state index in [0.29, 0.717) is 0 Å². The second kappa shape index (κ2) is 22.0. The molecule has 0 spiro atoms. The van der Waals surface area contributed by atoms with Crippen LogP contribution < -0.4 is 0 Å². The van der Waals surface area contributed by atoms with Crippen LogP contribution in [0.15, 0.2) is 0 Å². The summed E-state index contributed by atoms with van der Waals surface area (Å²) in [5, 5.41) is 0. The van der Waals surface area contributed by atoms with Crippen LogP contribution in [0.1, 0.15) is 150 Å². The monoisotopic (exact) mass is 326 g/mol. The number of hydrogen-bond donors (Lipinski definition) is 0. The lowest BCUT2D eigenvalue weighted by atomic mass is 10.0. The summed E-state index contributed by atoms with van der Waals surface area (Å²) < 4.78 is 0. The van der Waals surface area contributed by atoms with Crippen LogP contribution in [-0.4, -0.2) is 0 Å². The molecule has 0 aromatic rings. The first-order valence-electron chi connectivity index (χ1n) is 10.5. The maximum Gasteiger partial charge on any atom is -0.0533 e. The molecule has 0 aliphatic heterocycles. The van der Waals surface area contributed by atoms with Gasteiger partial charge in [-0.15, -0.1) is 0 Å². The molecule has 0 heterocycles. The molecule has 0 bridgehead atoms. The van der Waals surface area contributed by atoms with Gasteiger partial charge in [-0.05, 0) is 0 Å². The highest BCUT2D eigenvalue weighted by Gasteiger charge is 1.96. The van der Waals surface area contributed by atoms with Crippen molar-refractivity contribution in [1.82, 2.24) is 0 Å². The number of rotatable bonds is 0. The van der Waals surface area contributed by atoms with Crippen LogP contribution >= 0.6 is 0 Å². The standard InChI is InChI=1S/C8H16.C7H14.C6H12.2CH4/c1-2-4-6-8-7-5-3-1;1-2-4-6-7-5-3-1;1-2-4-6-5-3-1;;/h1-8H2;1-7H2;1-6H2;2*1H4. The van der Waals surface area contributed by atoms with E-state index in [4.69, 9.17) is 0 Å². The Hall–Kier alpha value is 0. The van der Waals surface area contributed by atoms with Gasteiger partial charge in [-0.1, -0.05) is 150 Å². The van der Waals surface area contributed by atoms with Crippen molar-refractivity contribution >= 4 is 0 Å². The van der Waals surface area contributed by atoms with Gasteiger partial charge in [-0.25, -0.2) is 0 Å². The number of hydrogen-bond acceptors (Lipinski definition) is 0. The molecule has 3 saturated carbocycles. The van der Waals surface area contributed by atoms with Gasteiger partial charge in [0.2, 0.25) is 0 Å². The molecule has 0 saturated heterocycles. The van der Waals surface area contributed by atoms with E-state index in [1.807, 2.05) is 0 Å². The van der Waals surface area contributed by atoms with Crippen molar-refractivity contribution in [2.75, 3.05) is 0 Å². The van der Waals surface area contributed by atoms with Crippen molar-refractivity contribution in [3.8, 4) is 0 Å². The van der Waals surface area contributed by atoms with Crippen LogP contribution in [0.5, 0.6) is 0 Å². The maximum atomic E-state index is 1.50. The molecule has 142 valence electrons. The van der Waals surface area contributed by atoms with Crippen LogP contribution in [0, 0.1) is 0 Å². The summed E-state index contributed by atoms with van der Waals surface area (Å²) >= 11 is 0. The zero-order valence-electron chi connectivity index (χ0n) is 14.8. The van der Waals surface area contributed by atoms with E-state index in [1.54, 1.807) is 0 Å². The van der Waals surface area contributed by atoms with Gasteiger partial charge in [0.05, 0.1) is 0 Å². The predicted octanol–water partition coefficient (Wildman–Crippen LogP) is 9.46. The summed E-state index contributed by atoms with van der Waals surface area (Å²) in [4.78, 5) is 0. The lowest BCUT2D eigenvalue weighted by molar-refractivity contribution is 0.504. The molecule has 0 amide bonds. The van der Waals surface area contributed by atoms with Crippen LogP contribution in [0.4, 0.5) is 0 Å². The zero-order chi connectivity index (χ0) is 14.8. The summed E-state index contributed by atoms with van der Waals surface area (Å²) in [6, 6.07) is 0. The van der Waals surface area contributed by atoms with Gasteiger partial charge in [0.15, 0.2) is 0 Å². The normalized spacial score (nSPS) is 21.9. The smallest absolute Gasteiger partial charge is 0.0533 e. The Bertz CT molecular complexity index is 125. The van der Waals surface area contributed by atoms with Crippen molar-refractivity contribution < 1.29 is 0 Å². The van der Waals surface area contributed by atoms with Crippen LogP contribution in [0.3, 0.4) is 0 Å². The summed E-state index contributed by atoms with van der Waals surface area (Å²) in [6.07, 6.45) is 31.5. The van der Waals surface area contributed by atoms with Gasteiger partial charge in [0, 0.05) is 0 Å². The average molecular weight is 327 g/mol. The summed E-state index contributed by atoms with van der Waals surface area (Å²) in [7, 11) is 0. The molecular weight excluding hydrogens is 276 g/mol. The summed E-state index contributed by atoms with van der Waals surface area (Å²) in [5.74, 6) is 0. The lowest BCUT2D eigenvalue weighted by Crippen LogP contribution is -1.85. The Morgan fingerprint density at radius 3 is 0.217 bits per heavy atom. The average Bonchev–Trinajstić information content (AvgIpc) is 2.82. The molecule has 0 atom stereocenters. The molecule has 3 aliphatic carbocycles. The third kappa shape index (κ3) is 20.0. The molecule has 3 aliphatic rings. The minimum Gasteiger partial charge on any atom is -0.0776 e. The molecule has 23 heavy (non-hydrogen) atoms. The van der Waals surface area contributed by atoms with E-state index < -0.39 is 0 Å². The fourth-order valence-electron chi connectivity index (χ4n) is 3.71. The highest BCUT2D eigenvalue weighted by atomic mass is 14.0. The maximum absolute atomic E-state index is 1.50.